The van der Waals surface area contributed by atoms with Crippen LogP contribution in [0.1, 0.15) is 28.2 Å². The first kappa shape index (κ1) is 17.3. The van der Waals surface area contributed by atoms with Crippen LogP contribution in [0.15, 0.2) is 41.5 Å². The standard InChI is InChI=1S/C20H19N5O2S/c26-20(25-7-2-9-27-10-8-25)18-15-5-4-14(11-16(15)28-24-18)23-19-17-13(12-22-19)3-1-6-21-17/h1,3-6,11H,2,7-10,12H2,(H,22,23). The number of hydrogen-bond donors (Lipinski definition) is 1. The highest BCUT2D eigenvalue weighted by molar-refractivity contribution is 7.13. The van der Waals surface area contributed by atoms with E-state index in [2.05, 4.69) is 19.7 Å². The van der Waals surface area contributed by atoms with Crippen LogP contribution in [-0.2, 0) is 11.3 Å². The maximum atomic E-state index is 12.9. The van der Waals surface area contributed by atoms with Crippen molar-refractivity contribution in [1.82, 2.24) is 14.3 Å². The molecular formula is C20H19N5O2S. The summed E-state index contributed by atoms with van der Waals surface area (Å²) in [5.41, 5.74) is 3.46. The molecule has 2 aromatic heterocycles. The maximum Gasteiger partial charge on any atom is 0.274 e. The Hall–Kier alpha value is -2.84. The molecule has 1 saturated heterocycles. The fraction of sp³-hybridized carbons (Fsp3) is 0.300. The quantitative estimate of drug-likeness (QED) is 0.724. The lowest BCUT2D eigenvalue weighted by Crippen LogP contribution is -2.33. The molecular weight excluding hydrogens is 374 g/mol. The highest BCUT2D eigenvalue weighted by atomic mass is 32.1. The number of ether oxygens (including phenoxy) is 1. The van der Waals surface area contributed by atoms with Crippen LogP contribution in [0.3, 0.4) is 0 Å². The molecule has 1 fully saturated rings. The van der Waals surface area contributed by atoms with Gasteiger partial charge in [0.25, 0.3) is 5.91 Å². The highest BCUT2D eigenvalue weighted by Gasteiger charge is 2.23. The summed E-state index contributed by atoms with van der Waals surface area (Å²) in [5.74, 6) is 0.760. The third kappa shape index (κ3) is 3.14. The van der Waals surface area contributed by atoms with Gasteiger partial charge in [0.15, 0.2) is 5.84 Å². The molecule has 0 saturated carbocycles. The summed E-state index contributed by atoms with van der Waals surface area (Å²) >= 11 is 1.34. The molecule has 0 bridgehead atoms. The molecule has 0 aliphatic carbocycles. The number of amides is 1. The minimum absolute atomic E-state index is 0.0178. The summed E-state index contributed by atoms with van der Waals surface area (Å²) in [6.45, 7) is 3.26. The van der Waals surface area contributed by atoms with Crippen molar-refractivity contribution in [3.05, 3.63) is 53.5 Å². The van der Waals surface area contributed by atoms with Crippen molar-refractivity contribution >= 4 is 39.0 Å². The van der Waals surface area contributed by atoms with E-state index in [4.69, 9.17) is 4.74 Å². The van der Waals surface area contributed by atoms with Crippen molar-refractivity contribution in [2.24, 2.45) is 4.99 Å². The van der Waals surface area contributed by atoms with Gasteiger partial charge < -0.3 is 15.0 Å². The lowest BCUT2D eigenvalue weighted by molar-refractivity contribution is 0.0739. The third-order valence-electron chi connectivity index (χ3n) is 4.97. The Morgan fingerprint density at radius 3 is 3.14 bits per heavy atom. The molecule has 4 heterocycles. The molecule has 8 heteroatoms. The Kier molecular flexibility index (Phi) is 4.50. The molecule has 142 valence electrons. The Bertz CT molecular complexity index is 1070. The van der Waals surface area contributed by atoms with E-state index in [-0.39, 0.29) is 5.91 Å². The van der Waals surface area contributed by atoms with Gasteiger partial charge >= 0.3 is 0 Å². The molecule has 2 aliphatic heterocycles. The van der Waals surface area contributed by atoms with Gasteiger partial charge in [-0.05, 0) is 42.2 Å². The largest absolute Gasteiger partial charge is 0.380 e. The zero-order valence-electron chi connectivity index (χ0n) is 15.2. The predicted molar refractivity (Wildman–Crippen MR) is 109 cm³/mol. The summed E-state index contributed by atoms with van der Waals surface area (Å²) in [6, 6.07) is 9.90. The van der Waals surface area contributed by atoms with Crippen molar-refractivity contribution < 1.29 is 9.53 Å². The molecule has 0 unspecified atom stereocenters. The number of benzene rings is 1. The number of nitrogens with zero attached hydrogens (tertiary/aromatic N) is 4. The first-order valence-electron chi connectivity index (χ1n) is 9.32. The number of fused-ring (bicyclic) bond motifs is 2. The number of amidine groups is 1. The van der Waals surface area contributed by atoms with E-state index in [1.807, 2.05) is 35.2 Å². The van der Waals surface area contributed by atoms with Gasteiger partial charge in [-0.1, -0.05) is 6.07 Å². The Balaban J connectivity index is 1.39. The van der Waals surface area contributed by atoms with Gasteiger partial charge in [-0.2, -0.15) is 4.37 Å². The number of aromatic nitrogens is 2. The van der Waals surface area contributed by atoms with Crippen LogP contribution in [0.2, 0.25) is 0 Å². The Morgan fingerprint density at radius 1 is 1.21 bits per heavy atom. The molecule has 7 nitrogen and oxygen atoms in total. The zero-order valence-corrected chi connectivity index (χ0v) is 16.0. The van der Waals surface area contributed by atoms with Gasteiger partial charge in [-0.15, -0.1) is 0 Å². The number of anilines is 1. The Morgan fingerprint density at radius 2 is 2.18 bits per heavy atom. The number of rotatable bonds is 2. The average Bonchev–Trinajstić information content (AvgIpc) is 3.22. The molecule has 3 aromatic rings. The first-order valence-corrected chi connectivity index (χ1v) is 10.1. The van der Waals surface area contributed by atoms with E-state index in [1.54, 1.807) is 6.20 Å². The number of pyridine rings is 1. The van der Waals surface area contributed by atoms with Gasteiger partial charge in [0.05, 0.1) is 17.9 Å². The zero-order chi connectivity index (χ0) is 18.9. The van der Waals surface area contributed by atoms with E-state index in [0.717, 1.165) is 39.3 Å². The lowest BCUT2D eigenvalue weighted by Gasteiger charge is -2.18. The Labute approximate surface area is 166 Å². The second-order valence-electron chi connectivity index (χ2n) is 6.80. The number of hydrogen-bond acceptors (Lipinski definition) is 7. The third-order valence-corrected chi connectivity index (χ3v) is 5.78. The molecule has 0 atom stereocenters. The van der Waals surface area contributed by atoms with Crippen LogP contribution in [0.25, 0.3) is 10.1 Å². The number of nitrogens with one attached hydrogen (secondary N) is 1. The maximum absolute atomic E-state index is 12.9. The van der Waals surface area contributed by atoms with Crippen LogP contribution in [0.5, 0.6) is 0 Å². The van der Waals surface area contributed by atoms with Crippen molar-refractivity contribution in [2.75, 3.05) is 31.6 Å². The monoisotopic (exact) mass is 393 g/mol. The van der Waals surface area contributed by atoms with Crippen molar-refractivity contribution in [3.63, 3.8) is 0 Å². The predicted octanol–water partition coefficient (Wildman–Crippen LogP) is 2.93. The van der Waals surface area contributed by atoms with Crippen LogP contribution >= 0.6 is 11.5 Å². The molecule has 0 radical (unpaired) electrons. The smallest absolute Gasteiger partial charge is 0.274 e. The molecule has 1 amide bonds. The van der Waals surface area contributed by atoms with Gasteiger partial charge in [-0.3, -0.25) is 14.8 Å². The van der Waals surface area contributed by atoms with Gasteiger partial charge in [-0.25, -0.2) is 0 Å². The van der Waals surface area contributed by atoms with Crippen LogP contribution in [0.4, 0.5) is 5.69 Å². The highest BCUT2D eigenvalue weighted by Crippen LogP contribution is 2.28. The van der Waals surface area contributed by atoms with Gasteiger partial charge in [0.2, 0.25) is 0 Å². The molecule has 28 heavy (non-hydrogen) atoms. The number of carbonyl (C=O) groups excluding carboxylic acids is 1. The number of aliphatic imine (C=N–C) groups is 1. The lowest BCUT2D eigenvalue weighted by atomic mass is 10.1. The first-order chi connectivity index (χ1) is 13.8. The average molecular weight is 393 g/mol. The van der Waals surface area contributed by atoms with Crippen LogP contribution in [-0.4, -0.2) is 52.3 Å². The molecule has 0 spiro atoms. The minimum atomic E-state index is -0.0178. The van der Waals surface area contributed by atoms with Crippen molar-refractivity contribution in [1.29, 1.82) is 0 Å². The van der Waals surface area contributed by atoms with Gasteiger partial charge in [0.1, 0.15) is 11.4 Å². The van der Waals surface area contributed by atoms with Crippen molar-refractivity contribution in [3.8, 4) is 0 Å². The van der Waals surface area contributed by atoms with E-state index in [0.29, 0.717) is 38.5 Å². The van der Waals surface area contributed by atoms with E-state index >= 15 is 0 Å². The second-order valence-corrected chi connectivity index (χ2v) is 7.61. The molecule has 5 rings (SSSR count). The minimum Gasteiger partial charge on any atom is -0.380 e. The number of carbonyl (C=O) groups is 1. The van der Waals surface area contributed by atoms with Crippen LogP contribution < -0.4 is 5.32 Å². The summed E-state index contributed by atoms with van der Waals surface area (Å²) in [7, 11) is 0. The topological polar surface area (TPSA) is 79.7 Å². The van der Waals surface area contributed by atoms with E-state index < -0.39 is 0 Å². The molecule has 2 aliphatic rings. The summed E-state index contributed by atoms with van der Waals surface area (Å²) in [6.07, 6.45) is 2.64. The summed E-state index contributed by atoms with van der Waals surface area (Å²) in [5, 5.41) is 4.24. The van der Waals surface area contributed by atoms with Crippen LogP contribution in [0, 0.1) is 0 Å². The molecule has 1 aromatic carbocycles. The summed E-state index contributed by atoms with van der Waals surface area (Å²) in [4.78, 5) is 23.7. The van der Waals surface area contributed by atoms with Gasteiger partial charge in [0, 0.05) is 42.5 Å². The molecule has 1 N–H and O–H groups in total. The fourth-order valence-corrected chi connectivity index (χ4v) is 4.33. The van der Waals surface area contributed by atoms with E-state index in [9.17, 15) is 4.79 Å². The summed E-state index contributed by atoms with van der Waals surface area (Å²) < 4.78 is 10.9. The fourth-order valence-electron chi connectivity index (χ4n) is 3.52. The SMILES string of the molecule is O=C(c1nsc2cc(NC3=NCc4cccnc43)ccc12)N1CCCOCC1. The second kappa shape index (κ2) is 7.29. The van der Waals surface area contributed by atoms with Crippen molar-refractivity contribution in [2.45, 2.75) is 13.0 Å². The van der Waals surface area contributed by atoms with E-state index in [1.165, 1.54) is 11.5 Å². The normalized spacial score (nSPS) is 16.6.